The summed E-state index contributed by atoms with van der Waals surface area (Å²) >= 11 is 6.01. The Hall–Kier alpha value is -2.01. The Balaban J connectivity index is 2.10. The summed E-state index contributed by atoms with van der Waals surface area (Å²) in [5, 5.41) is 2.86. The molecule has 0 spiro atoms. The van der Waals surface area contributed by atoms with Crippen molar-refractivity contribution in [1.29, 1.82) is 0 Å². The zero-order valence-electron chi connectivity index (χ0n) is 11.7. The minimum Gasteiger partial charge on any atom is -0.349 e. The third-order valence-electron chi connectivity index (χ3n) is 3.02. The second kappa shape index (κ2) is 6.63. The minimum atomic E-state index is -0.630. The molecule has 4 nitrogen and oxygen atoms in total. The Morgan fingerprint density at radius 2 is 2.19 bits per heavy atom. The third-order valence-corrected chi connectivity index (χ3v) is 3.51. The fraction of sp³-hybridized carbons (Fsp3) is 0.267. The van der Waals surface area contributed by atoms with E-state index >= 15 is 0 Å². The molecular formula is C15H15ClFN3O. The molecule has 110 valence electrons. The molecule has 0 saturated heterocycles. The van der Waals surface area contributed by atoms with E-state index in [2.05, 4.69) is 15.3 Å². The number of halogens is 2. The first-order valence-corrected chi connectivity index (χ1v) is 6.87. The van der Waals surface area contributed by atoms with Gasteiger partial charge in [-0.05, 0) is 25.5 Å². The molecule has 2 aromatic rings. The predicted molar refractivity (Wildman–Crippen MR) is 78.8 cm³/mol. The number of hydrogen-bond donors (Lipinski definition) is 1. The molecule has 1 amide bonds. The Morgan fingerprint density at radius 3 is 2.86 bits per heavy atom. The highest BCUT2D eigenvalue weighted by Gasteiger charge is 2.19. The van der Waals surface area contributed by atoms with Crippen molar-refractivity contribution < 1.29 is 9.18 Å². The average molecular weight is 308 g/mol. The molecule has 1 atom stereocenters. The fourth-order valence-electron chi connectivity index (χ4n) is 1.96. The van der Waals surface area contributed by atoms with Gasteiger partial charge in [0.1, 0.15) is 5.82 Å². The zero-order valence-corrected chi connectivity index (χ0v) is 12.5. The molecule has 0 aliphatic rings. The molecule has 6 heteroatoms. The van der Waals surface area contributed by atoms with Gasteiger partial charge in [0.05, 0.1) is 16.3 Å². The van der Waals surface area contributed by atoms with Crippen LogP contribution in [0.4, 0.5) is 4.39 Å². The van der Waals surface area contributed by atoms with E-state index in [-0.39, 0.29) is 16.6 Å². The van der Waals surface area contributed by atoms with E-state index in [1.165, 1.54) is 12.1 Å². The number of hydrogen-bond acceptors (Lipinski definition) is 3. The van der Waals surface area contributed by atoms with Crippen molar-refractivity contribution in [2.45, 2.75) is 26.3 Å². The number of rotatable bonds is 4. The lowest BCUT2D eigenvalue weighted by atomic mass is 10.1. The van der Waals surface area contributed by atoms with Gasteiger partial charge in [-0.15, -0.1) is 0 Å². The second-order valence-corrected chi connectivity index (χ2v) is 5.21. The monoisotopic (exact) mass is 307 g/mol. The molecule has 21 heavy (non-hydrogen) atoms. The van der Waals surface area contributed by atoms with Crippen LogP contribution in [0.5, 0.6) is 0 Å². The van der Waals surface area contributed by atoms with Crippen LogP contribution in [0.3, 0.4) is 0 Å². The molecule has 2 rings (SSSR count). The van der Waals surface area contributed by atoms with Crippen molar-refractivity contribution in [3.05, 3.63) is 58.4 Å². The molecule has 0 radical (unpaired) electrons. The van der Waals surface area contributed by atoms with Gasteiger partial charge in [0.25, 0.3) is 5.91 Å². The maximum atomic E-state index is 13.8. The Labute approximate surface area is 127 Å². The van der Waals surface area contributed by atoms with Gasteiger partial charge in [-0.1, -0.05) is 17.7 Å². The summed E-state index contributed by atoms with van der Waals surface area (Å²) in [6.45, 7) is 3.54. The molecule has 0 aliphatic heterocycles. The van der Waals surface area contributed by atoms with Crippen LogP contribution >= 0.6 is 11.6 Å². The van der Waals surface area contributed by atoms with E-state index in [1.807, 2.05) is 6.92 Å². The van der Waals surface area contributed by atoms with E-state index in [0.29, 0.717) is 12.0 Å². The topological polar surface area (TPSA) is 54.9 Å². The molecular weight excluding hydrogens is 293 g/mol. The van der Waals surface area contributed by atoms with Crippen molar-refractivity contribution in [1.82, 2.24) is 15.3 Å². The molecule has 1 heterocycles. The van der Waals surface area contributed by atoms with Crippen LogP contribution in [-0.2, 0) is 6.42 Å². The zero-order chi connectivity index (χ0) is 15.4. The van der Waals surface area contributed by atoms with Gasteiger partial charge in [-0.2, -0.15) is 0 Å². The van der Waals surface area contributed by atoms with E-state index in [1.54, 1.807) is 25.5 Å². The molecule has 1 aromatic heterocycles. The smallest absolute Gasteiger partial charge is 0.256 e. The SMILES string of the molecule is Cc1ccc(F)c(C(=O)NC(C)Cc2cnccn2)c1Cl. The summed E-state index contributed by atoms with van der Waals surface area (Å²) < 4.78 is 13.8. The first-order valence-electron chi connectivity index (χ1n) is 6.49. The summed E-state index contributed by atoms with van der Waals surface area (Å²) in [6, 6.07) is 2.56. The highest BCUT2D eigenvalue weighted by molar-refractivity contribution is 6.34. The highest BCUT2D eigenvalue weighted by Crippen LogP contribution is 2.23. The number of nitrogens with one attached hydrogen (secondary N) is 1. The van der Waals surface area contributed by atoms with Gasteiger partial charge in [0, 0.05) is 31.1 Å². The van der Waals surface area contributed by atoms with Crippen molar-refractivity contribution in [2.24, 2.45) is 0 Å². The summed E-state index contributed by atoms with van der Waals surface area (Å²) in [4.78, 5) is 20.3. The Bertz CT molecular complexity index is 649. The molecule has 1 N–H and O–H groups in total. The van der Waals surface area contributed by atoms with Crippen molar-refractivity contribution in [2.75, 3.05) is 0 Å². The molecule has 0 bridgehead atoms. The predicted octanol–water partition coefficient (Wildman–Crippen LogP) is 2.94. The maximum absolute atomic E-state index is 13.8. The van der Waals surface area contributed by atoms with E-state index in [4.69, 9.17) is 11.6 Å². The lowest BCUT2D eigenvalue weighted by Crippen LogP contribution is -2.35. The molecule has 0 fully saturated rings. The second-order valence-electron chi connectivity index (χ2n) is 4.83. The van der Waals surface area contributed by atoms with E-state index in [9.17, 15) is 9.18 Å². The van der Waals surface area contributed by atoms with Crippen LogP contribution in [0.2, 0.25) is 5.02 Å². The van der Waals surface area contributed by atoms with Gasteiger partial charge in [-0.25, -0.2) is 4.39 Å². The quantitative estimate of drug-likeness (QED) is 0.945. The molecule has 1 unspecified atom stereocenters. The molecule has 1 aromatic carbocycles. The van der Waals surface area contributed by atoms with Crippen LogP contribution in [-0.4, -0.2) is 21.9 Å². The van der Waals surface area contributed by atoms with Gasteiger partial charge in [0.15, 0.2) is 0 Å². The number of carbonyl (C=O) groups is 1. The van der Waals surface area contributed by atoms with Gasteiger partial charge < -0.3 is 5.32 Å². The summed E-state index contributed by atoms with van der Waals surface area (Å²) in [6.07, 6.45) is 5.29. The Kier molecular flexibility index (Phi) is 4.85. The van der Waals surface area contributed by atoms with Crippen LogP contribution in [0.1, 0.15) is 28.5 Å². The van der Waals surface area contributed by atoms with Gasteiger partial charge in [-0.3, -0.25) is 14.8 Å². The van der Waals surface area contributed by atoms with Gasteiger partial charge in [0.2, 0.25) is 0 Å². The van der Waals surface area contributed by atoms with Crippen LogP contribution in [0.25, 0.3) is 0 Å². The number of aryl methyl sites for hydroxylation is 1. The van der Waals surface area contributed by atoms with Crippen LogP contribution in [0, 0.1) is 12.7 Å². The highest BCUT2D eigenvalue weighted by atomic mass is 35.5. The van der Waals surface area contributed by atoms with E-state index < -0.39 is 11.7 Å². The Morgan fingerprint density at radius 1 is 1.43 bits per heavy atom. The lowest BCUT2D eigenvalue weighted by molar-refractivity contribution is 0.0936. The summed E-state index contributed by atoms with van der Waals surface area (Å²) in [7, 11) is 0. The van der Waals surface area contributed by atoms with Gasteiger partial charge >= 0.3 is 0 Å². The van der Waals surface area contributed by atoms with Crippen LogP contribution < -0.4 is 5.32 Å². The molecule has 0 saturated carbocycles. The maximum Gasteiger partial charge on any atom is 0.256 e. The number of carbonyl (C=O) groups excluding carboxylic acids is 1. The minimum absolute atomic E-state index is 0.123. The normalized spacial score (nSPS) is 12.0. The largest absolute Gasteiger partial charge is 0.349 e. The number of nitrogens with zero attached hydrogens (tertiary/aromatic N) is 2. The molecule has 0 aliphatic carbocycles. The standard InChI is InChI=1S/C15H15ClFN3O/c1-9-3-4-12(17)13(14(9)16)15(21)20-10(2)7-11-8-18-5-6-19-11/h3-6,8,10H,7H2,1-2H3,(H,20,21). The number of amides is 1. The number of benzene rings is 1. The summed E-state index contributed by atoms with van der Waals surface area (Å²) in [5.41, 5.74) is 1.29. The van der Waals surface area contributed by atoms with Crippen LogP contribution in [0.15, 0.2) is 30.7 Å². The van der Waals surface area contributed by atoms with E-state index in [0.717, 1.165) is 5.69 Å². The van der Waals surface area contributed by atoms with Crippen molar-refractivity contribution in [3.8, 4) is 0 Å². The fourth-order valence-corrected chi connectivity index (χ4v) is 2.20. The lowest BCUT2D eigenvalue weighted by Gasteiger charge is -2.15. The summed E-state index contributed by atoms with van der Waals surface area (Å²) in [5.74, 6) is -1.16. The third kappa shape index (κ3) is 3.76. The average Bonchev–Trinajstić information content (AvgIpc) is 2.44. The first-order chi connectivity index (χ1) is 9.99. The van der Waals surface area contributed by atoms with Crippen molar-refractivity contribution >= 4 is 17.5 Å². The first kappa shape index (κ1) is 15.4. The number of aromatic nitrogens is 2. The van der Waals surface area contributed by atoms with Crippen molar-refractivity contribution in [3.63, 3.8) is 0 Å².